The van der Waals surface area contributed by atoms with E-state index in [-0.39, 0.29) is 6.61 Å². The van der Waals surface area contributed by atoms with Gasteiger partial charge >= 0.3 is 0 Å². The van der Waals surface area contributed by atoms with Crippen LogP contribution in [0.1, 0.15) is 5.56 Å². The number of aliphatic hydroxyl groups is 2. The van der Waals surface area contributed by atoms with E-state index in [0.717, 1.165) is 5.56 Å². The van der Waals surface area contributed by atoms with Crippen LogP contribution in [0, 0.1) is 11.8 Å². The molecule has 4 heteroatoms. The molecule has 1 atom stereocenters. The molecule has 0 radical (unpaired) electrons. The van der Waals surface area contributed by atoms with Crippen LogP contribution in [-0.4, -0.2) is 34.4 Å². The van der Waals surface area contributed by atoms with E-state index in [1.807, 2.05) is 12.1 Å². The predicted octanol–water partition coefficient (Wildman–Crippen LogP) is 1.78. The molecular formula is C12H13ClO2S. The Hall–Kier alpha value is -0.660. The summed E-state index contributed by atoms with van der Waals surface area (Å²) in [5, 5.41) is 18.4. The van der Waals surface area contributed by atoms with Crippen molar-refractivity contribution in [1.29, 1.82) is 0 Å². The Morgan fingerprint density at radius 1 is 1.31 bits per heavy atom. The number of aliphatic hydroxyl groups excluding tert-OH is 2. The average Bonchev–Trinajstić information content (AvgIpc) is 2.31. The van der Waals surface area contributed by atoms with Crippen LogP contribution in [-0.2, 0) is 0 Å². The standard InChI is InChI=1S/C12H13ClO2S/c13-11-5-3-10(4-6-11)2-1-7-16-9-12(15)8-14/h3-6,12,14-15H,7-9H2. The number of halogens is 1. The molecule has 2 nitrogen and oxygen atoms in total. The van der Waals surface area contributed by atoms with Crippen LogP contribution in [0.5, 0.6) is 0 Å². The lowest BCUT2D eigenvalue weighted by atomic mass is 10.2. The smallest absolute Gasteiger partial charge is 0.0861 e. The van der Waals surface area contributed by atoms with Gasteiger partial charge in [0.1, 0.15) is 0 Å². The number of hydrogen-bond donors (Lipinski definition) is 2. The maximum atomic E-state index is 9.07. The number of benzene rings is 1. The summed E-state index contributed by atoms with van der Waals surface area (Å²) in [6.45, 7) is -0.197. The van der Waals surface area contributed by atoms with Crippen molar-refractivity contribution in [3.05, 3.63) is 34.9 Å². The fourth-order valence-electron chi connectivity index (χ4n) is 0.970. The summed E-state index contributed by atoms with van der Waals surface area (Å²) in [7, 11) is 0. The summed E-state index contributed by atoms with van der Waals surface area (Å²) in [5.41, 5.74) is 0.924. The maximum absolute atomic E-state index is 9.07. The Morgan fingerprint density at radius 3 is 2.62 bits per heavy atom. The highest BCUT2D eigenvalue weighted by molar-refractivity contribution is 7.99. The molecule has 0 aromatic heterocycles. The van der Waals surface area contributed by atoms with Crippen molar-refractivity contribution in [3.63, 3.8) is 0 Å². The largest absolute Gasteiger partial charge is 0.394 e. The molecule has 0 heterocycles. The van der Waals surface area contributed by atoms with Crippen molar-refractivity contribution < 1.29 is 10.2 Å². The third-order valence-electron chi connectivity index (χ3n) is 1.77. The second-order valence-electron chi connectivity index (χ2n) is 3.16. The molecule has 0 spiro atoms. The molecule has 0 saturated heterocycles. The molecular weight excluding hydrogens is 244 g/mol. The maximum Gasteiger partial charge on any atom is 0.0861 e. The van der Waals surface area contributed by atoms with Crippen molar-refractivity contribution >= 4 is 23.4 Å². The van der Waals surface area contributed by atoms with Gasteiger partial charge in [-0.05, 0) is 24.3 Å². The zero-order chi connectivity index (χ0) is 11.8. The number of rotatable bonds is 4. The van der Waals surface area contributed by atoms with Crippen molar-refractivity contribution in [2.45, 2.75) is 6.10 Å². The molecule has 0 fully saturated rings. The van der Waals surface area contributed by atoms with E-state index in [1.165, 1.54) is 11.8 Å². The van der Waals surface area contributed by atoms with Gasteiger partial charge in [-0.15, -0.1) is 11.8 Å². The topological polar surface area (TPSA) is 40.5 Å². The Kier molecular flexibility index (Phi) is 6.36. The Balaban J connectivity index is 2.30. The van der Waals surface area contributed by atoms with Gasteiger partial charge in [-0.2, -0.15) is 0 Å². The minimum atomic E-state index is -0.651. The highest BCUT2D eigenvalue weighted by Crippen LogP contribution is 2.08. The lowest BCUT2D eigenvalue weighted by molar-refractivity contribution is 0.113. The summed E-state index contributed by atoms with van der Waals surface area (Å²) in [5.74, 6) is 7.11. The fraction of sp³-hybridized carbons (Fsp3) is 0.333. The van der Waals surface area contributed by atoms with E-state index in [0.29, 0.717) is 16.5 Å². The summed E-state index contributed by atoms with van der Waals surface area (Å²) < 4.78 is 0. The molecule has 1 rings (SSSR count). The second kappa shape index (κ2) is 7.59. The van der Waals surface area contributed by atoms with Crippen LogP contribution >= 0.6 is 23.4 Å². The minimum Gasteiger partial charge on any atom is -0.394 e. The van der Waals surface area contributed by atoms with Gasteiger partial charge in [0, 0.05) is 16.3 Å². The van der Waals surface area contributed by atoms with Crippen LogP contribution in [0.4, 0.5) is 0 Å². The van der Waals surface area contributed by atoms with Gasteiger partial charge in [0.2, 0.25) is 0 Å². The number of thioether (sulfide) groups is 1. The summed E-state index contributed by atoms with van der Waals surface area (Å²) >= 11 is 7.24. The van der Waals surface area contributed by atoms with E-state index >= 15 is 0 Å². The lowest BCUT2D eigenvalue weighted by Gasteiger charge is -2.02. The average molecular weight is 257 g/mol. The van der Waals surface area contributed by atoms with E-state index in [4.69, 9.17) is 21.8 Å². The molecule has 86 valence electrons. The van der Waals surface area contributed by atoms with Gasteiger partial charge in [0.05, 0.1) is 18.5 Å². The molecule has 0 amide bonds. The number of hydrogen-bond acceptors (Lipinski definition) is 3. The lowest BCUT2D eigenvalue weighted by Crippen LogP contribution is -2.14. The molecule has 1 aromatic rings. The zero-order valence-electron chi connectivity index (χ0n) is 8.69. The van der Waals surface area contributed by atoms with Gasteiger partial charge in [0.25, 0.3) is 0 Å². The van der Waals surface area contributed by atoms with Crippen molar-refractivity contribution in [2.24, 2.45) is 0 Å². The second-order valence-corrected chi connectivity index (χ2v) is 4.63. The van der Waals surface area contributed by atoms with E-state index in [9.17, 15) is 0 Å². The molecule has 1 aromatic carbocycles. The summed E-state index contributed by atoms with van der Waals surface area (Å²) in [6.07, 6.45) is -0.651. The third kappa shape index (κ3) is 5.43. The van der Waals surface area contributed by atoms with E-state index < -0.39 is 6.10 Å². The fourth-order valence-corrected chi connectivity index (χ4v) is 1.77. The van der Waals surface area contributed by atoms with Gasteiger partial charge in [0.15, 0.2) is 0 Å². The molecule has 1 unspecified atom stereocenters. The minimum absolute atomic E-state index is 0.197. The highest BCUT2D eigenvalue weighted by atomic mass is 35.5. The van der Waals surface area contributed by atoms with Crippen molar-refractivity contribution in [1.82, 2.24) is 0 Å². The van der Waals surface area contributed by atoms with Gasteiger partial charge < -0.3 is 10.2 Å². The van der Waals surface area contributed by atoms with Gasteiger partial charge in [-0.1, -0.05) is 23.4 Å². The molecule has 0 aliphatic heterocycles. The Labute approximate surface area is 105 Å². The van der Waals surface area contributed by atoms with Crippen molar-refractivity contribution in [2.75, 3.05) is 18.1 Å². The molecule has 0 aliphatic carbocycles. The Bertz CT molecular complexity index is 367. The molecule has 0 bridgehead atoms. The summed E-state index contributed by atoms with van der Waals surface area (Å²) in [4.78, 5) is 0. The Morgan fingerprint density at radius 2 is 2.00 bits per heavy atom. The summed E-state index contributed by atoms with van der Waals surface area (Å²) in [6, 6.07) is 7.33. The zero-order valence-corrected chi connectivity index (χ0v) is 10.3. The molecule has 16 heavy (non-hydrogen) atoms. The normalized spacial score (nSPS) is 11.7. The first-order valence-corrected chi connectivity index (χ1v) is 6.36. The third-order valence-corrected chi connectivity index (χ3v) is 2.99. The first-order chi connectivity index (χ1) is 7.72. The van der Waals surface area contributed by atoms with Crippen LogP contribution in [0.15, 0.2) is 24.3 Å². The predicted molar refractivity (Wildman–Crippen MR) is 68.7 cm³/mol. The van der Waals surface area contributed by atoms with E-state index in [2.05, 4.69) is 11.8 Å². The van der Waals surface area contributed by atoms with Crippen LogP contribution < -0.4 is 0 Å². The van der Waals surface area contributed by atoms with Crippen LogP contribution in [0.2, 0.25) is 5.02 Å². The van der Waals surface area contributed by atoms with Crippen molar-refractivity contribution in [3.8, 4) is 11.8 Å². The van der Waals surface area contributed by atoms with Gasteiger partial charge in [-0.25, -0.2) is 0 Å². The van der Waals surface area contributed by atoms with Gasteiger partial charge in [-0.3, -0.25) is 0 Å². The quantitative estimate of drug-likeness (QED) is 0.637. The SMILES string of the molecule is OCC(O)CSCC#Cc1ccc(Cl)cc1. The van der Waals surface area contributed by atoms with Crippen LogP contribution in [0.25, 0.3) is 0 Å². The van der Waals surface area contributed by atoms with E-state index in [1.54, 1.807) is 12.1 Å². The molecule has 0 saturated carbocycles. The highest BCUT2D eigenvalue weighted by Gasteiger charge is 1.99. The monoisotopic (exact) mass is 256 g/mol. The van der Waals surface area contributed by atoms with Crippen LogP contribution in [0.3, 0.4) is 0 Å². The first kappa shape index (κ1) is 13.4. The molecule has 2 N–H and O–H groups in total. The first-order valence-electron chi connectivity index (χ1n) is 4.83. The molecule has 0 aliphatic rings.